The van der Waals surface area contributed by atoms with Crippen molar-refractivity contribution in [3.05, 3.63) is 0 Å². The zero-order valence-corrected chi connectivity index (χ0v) is 9.20. The van der Waals surface area contributed by atoms with E-state index in [2.05, 4.69) is 0 Å². The Balaban J connectivity index is -0.00000001000. The van der Waals surface area contributed by atoms with Crippen LogP contribution >= 0.6 is 0 Å². The molecule has 0 heterocycles. The average Bonchev–Trinajstić information content (AvgIpc) is 1.70. The van der Waals surface area contributed by atoms with E-state index < -0.39 is 0 Å². The first-order valence-electron chi connectivity index (χ1n) is 3.07. The number of hydrogen-bond acceptors (Lipinski definition) is 3. The second-order valence-corrected chi connectivity index (χ2v) is 0.949. The van der Waals surface area contributed by atoms with Gasteiger partial charge in [0, 0.05) is 37.2 Å². The Kier molecular flexibility index (Phi) is 185. The SMILES string of the molecule is CCO.CCO.CCO.[Al].[H-].[Li+]. The second-order valence-electron chi connectivity index (χ2n) is 0.949. The first kappa shape index (κ1) is 29.6. The quantitative estimate of drug-likeness (QED) is 0.337. The maximum Gasteiger partial charge on any atom is 1.00 e. The fraction of sp³-hybridized carbons (Fsp3) is 1.00. The van der Waals surface area contributed by atoms with E-state index in [0.29, 0.717) is 0 Å². The third-order valence-electron chi connectivity index (χ3n) is 0. The van der Waals surface area contributed by atoms with Crippen molar-refractivity contribution in [2.24, 2.45) is 0 Å². The molecule has 0 aromatic heterocycles. The van der Waals surface area contributed by atoms with Crippen molar-refractivity contribution >= 4 is 17.4 Å². The molecule has 3 radical (unpaired) electrons. The Morgan fingerprint density at radius 1 is 0.818 bits per heavy atom. The molecule has 0 saturated carbocycles. The summed E-state index contributed by atoms with van der Waals surface area (Å²) >= 11 is 0. The van der Waals surface area contributed by atoms with Gasteiger partial charge in [-0.25, -0.2) is 0 Å². The molecule has 0 amide bonds. The van der Waals surface area contributed by atoms with Gasteiger partial charge in [-0.2, -0.15) is 0 Å². The van der Waals surface area contributed by atoms with Crippen LogP contribution in [0.5, 0.6) is 0 Å². The molecule has 0 saturated heterocycles. The first-order chi connectivity index (χ1) is 4.24. The van der Waals surface area contributed by atoms with Crippen molar-refractivity contribution in [1.29, 1.82) is 0 Å². The fourth-order valence-electron chi connectivity index (χ4n) is 0. The summed E-state index contributed by atoms with van der Waals surface area (Å²) in [6.07, 6.45) is 0. The molecule has 0 spiro atoms. The van der Waals surface area contributed by atoms with E-state index in [9.17, 15) is 0 Å². The molecule has 0 atom stereocenters. The monoisotopic (exact) mass is 173 g/mol. The maximum absolute atomic E-state index is 7.57. The molecule has 0 aliphatic heterocycles. The van der Waals surface area contributed by atoms with Gasteiger partial charge in [-0.3, -0.25) is 0 Å². The van der Waals surface area contributed by atoms with Crippen molar-refractivity contribution in [1.82, 2.24) is 0 Å². The number of rotatable bonds is 0. The van der Waals surface area contributed by atoms with Crippen LogP contribution in [-0.4, -0.2) is 52.5 Å². The summed E-state index contributed by atoms with van der Waals surface area (Å²) in [5.41, 5.74) is 0. The second kappa shape index (κ2) is 68.6. The minimum Gasteiger partial charge on any atom is -1.00 e. The molecule has 0 aliphatic carbocycles. The summed E-state index contributed by atoms with van der Waals surface area (Å²) in [4.78, 5) is 0. The summed E-state index contributed by atoms with van der Waals surface area (Å²) in [7, 11) is 0. The molecule has 65 valence electrons. The Hall–Kier alpha value is 1.01. The molecule has 3 N–H and O–H groups in total. The molecule has 0 aromatic carbocycles. The third-order valence-corrected chi connectivity index (χ3v) is 0. The zero-order valence-electron chi connectivity index (χ0n) is 9.04. The molecule has 0 bridgehead atoms. The van der Waals surface area contributed by atoms with E-state index in [1.165, 1.54) is 0 Å². The topological polar surface area (TPSA) is 60.7 Å². The van der Waals surface area contributed by atoms with Crippen LogP contribution in [0, 0.1) is 0 Å². The molecule has 0 aliphatic rings. The molecule has 0 fully saturated rings. The van der Waals surface area contributed by atoms with Gasteiger partial charge in [0.1, 0.15) is 0 Å². The standard InChI is InChI=1S/3C2H6O.Al.Li.H/c3*1-2-3;;;/h3*3H,2H2,1H3;;;/q;;;;+1;-1. The van der Waals surface area contributed by atoms with Crippen LogP contribution in [0.25, 0.3) is 0 Å². The Labute approximate surface area is 93.6 Å². The predicted molar refractivity (Wildman–Crippen MR) is 45.1 cm³/mol. The van der Waals surface area contributed by atoms with Gasteiger partial charge >= 0.3 is 18.9 Å². The van der Waals surface area contributed by atoms with Crippen molar-refractivity contribution in [3.63, 3.8) is 0 Å². The van der Waals surface area contributed by atoms with Crippen LogP contribution in [0.4, 0.5) is 0 Å². The van der Waals surface area contributed by atoms with E-state index in [-0.39, 0.29) is 57.5 Å². The summed E-state index contributed by atoms with van der Waals surface area (Å²) < 4.78 is 0. The molecule has 5 heteroatoms. The van der Waals surface area contributed by atoms with Gasteiger partial charge in [-0.15, -0.1) is 0 Å². The van der Waals surface area contributed by atoms with Gasteiger partial charge in [-0.05, 0) is 20.8 Å². The smallest absolute Gasteiger partial charge is 1.00 e. The van der Waals surface area contributed by atoms with E-state index in [1.54, 1.807) is 20.8 Å². The minimum absolute atomic E-state index is 0. The van der Waals surface area contributed by atoms with Gasteiger partial charge in [0.25, 0.3) is 0 Å². The Morgan fingerprint density at radius 3 is 0.818 bits per heavy atom. The van der Waals surface area contributed by atoms with Crippen LogP contribution in [0.3, 0.4) is 0 Å². The molecule has 0 unspecified atom stereocenters. The minimum atomic E-state index is 0. The molecular formula is C6H19AlLiO3. The van der Waals surface area contributed by atoms with E-state index in [4.69, 9.17) is 15.3 Å². The van der Waals surface area contributed by atoms with Crippen molar-refractivity contribution in [2.75, 3.05) is 19.8 Å². The number of hydrogen-bond donors (Lipinski definition) is 3. The molecule has 3 nitrogen and oxygen atoms in total. The average molecular weight is 173 g/mol. The van der Waals surface area contributed by atoms with Crippen LogP contribution in [-0.2, 0) is 0 Å². The Bertz CT molecular complexity index is 27.5. The van der Waals surface area contributed by atoms with E-state index in [1.807, 2.05) is 0 Å². The first-order valence-corrected chi connectivity index (χ1v) is 3.07. The van der Waals surface area contributed by atoms with E-state index >= 15 is 0 Å². The Morgan fingerprint density at radius 2 is 0.818 bits per heavy atom. The summed E-state index contributed by atoms with van der Waals surface area (Å²) in [5.74, 6) is 0. The van der Waals surface area contributed by atoms with Gasteiger partial charge in [0.15, 0.2) is 0 Å². The normalized spacial score (nSPS) is 4.91. The van der Waals surface area contributed by atoms with Crippen LogP contribution in [0.1, 0.15) is 22.2 Å². The van der Waals surface area contributed by atoms with Crippen LogP contribution < -0.4 is 18.9 Å². The summed E-state index contributed by atoms with van der Waals surface area (Å²) in [5, 5.41) is 22.7. The number of aliphatic hydroxyl groups excluding tert-OH is 3. The zero-order chi connectivity index (χ0) is 8.12. The van der Waals surface area contributed by atoms with Crippen LogP contribution in [0.2, 0.25) is 0 Å². The predicted octanol–water partition coefficient (Wildman–Crippen LogP) is -3.27. The van der Waals surface area contributed by atoms with Gasteiger partial charge in [-0.1, -0.05) is 0 Å². The van der Waals surface area contributed by atoms with E-state index in [0.717, 1.165) is 0 Å². The van der Waals surface area contributed by atoms with Crippen LogP contribution in [0.15, 0.2) is 0 Å². The van der Waals surface area contributed by atoms with Gasteiger partial charge in [0.05, 0.1) is 0 Å². The summed E-state index contributed by atoms with van der Waals surface area (Å²) in [6, 6.07) is 0. The van der Waals surface area contributed by atoms with Gasteiger partial charge in [0.2, 0.25) is 0 Å². The molecular weight excluding hydrogens is 154 g/mol. The van der Waals surface area contributed by atoms with Crippen molar-refractivity contribution in [3.8, 4) is 0 Å². The number of aliphatic hydroxyl groups is 3. The van der Waals surface area contributed by atoms with Crippen molar-refractivity contribution < 1.29 is 35.6 Å². The molecule has 0 aromatic rings. The fourth-order valence-corrected chi connectivity index (χ4v) is 0. The summed E-state index contributed by atoms with van der Waals surface area (Å²) in [6.45, 7) is 5.79. The maximum atomic E-state index is 7.57. The molecule has 11 heavy (non-hydrogen) atoms. The van der Waals surface area contributed by atoms with Crippen molar-refractivity contribution in [2.45, 2.75) is 20.8 Å². The largest absolute Gasteiger partial charge is 1.00 e. The third kappa shape index (κ3) is 876. The molecule has 0 rings (SSSR count). The van der Waals surface area contributed by atoms with Gasteiger partial charge < -0.3 is 16.7 Å².